The predicted molar refractivity (Wildman–Crippen MR) is 103 cm³/mol. The Morgan fingerprint density at radius 1 is 1.15 bits per heavy atom. The lowest BCUT2D eigenvalue weighted by molar-refractivity contribution is -0.385. The van der Waals surface area contributed by atoms with Gasteiger partial charge in [0.2, 0.25) is 0 Å². The maximum atomic E-state index is 12.4. The fourth-order valence-electron chi connectivity index (χ4n) is 2.38. The van der Waals surface area contributed by atoms with Gasteiger partial charge in [0.25, 0.3) is 11.6 Å². The van der Waals surface area contributed by atoms with Gasteiger partial charge in [0, 0.05) is 16.1 Å². The number of nitro benzene ring substituents is 1. The van der Waals surface area contributed by atoms with E-state index in [2.05, 4.69) is 5.32 Å². The fourth-order valence-corrected chi connectivity index (χ4v) is 2.95. The van der Waals surface area contributed by atoms with Gasteiger partial charge in [-0.1, -0.05) is 29.3 Å². The summed E-state index contributed by atoms with van der Waals surface area (Å²) in [6, 6.07) is 8.52. The summed E-state index contributed by atoms with van der Waals surface area (Å²) >= 11 is 12.0. The highest BCUT2D eigenvalue weighted by molar-refractivity contribution is 6.35. The maximum Gasteiger partial charge on any atom is 0.273 e. The van der Waals surface area contributed by atoms with Crippen molar-refractivity contribution in [1.29, 1.82) is 0 Å². The molecule has 2 aromatic carbocycles. The summed E-state index contributed by atoms with van der Waals surface area (Å²) in [5, 5.41) is 14.7. The SMILES string of the molecule is COc1ccc([N+](=O)[O-])cc1O[C@@H](C)C(=O)N[C@@H](C)c1ccc(Cl)cc1Cl. The van der Waals surface area contributed by atoms with Crippen LogP contribution in [0, 0.1) is 10.1 Å². The number of halogens is 2. The first-order valence-corrected chi connectivity index (χ1v) is 8.73. The molecule has 0 aliphatic heterocycles. The van der Waals surface area contributed by atoms with Crippen LogP contribution in [0.4, 0.5) is 5.69 Å². The van der Waals surface area contributed by atoms with Gasteiger partial charge in [-0.05, 0) is 37.6 Å². The number of nitrogens with one attached hydrogen (secondary N) is 1. The molecule has 0 aromatic heterocycles. The number of amides is 1. The largest absolute Gasteiger partial charge is 0.493 e. The third-order valence-corrected chi connectivity index (χ3v) is 4.38. The molecule has 0 aliphatic carbocycles. The average molecular weight is 413 g/mol. The van der Waals surface area contributed by atoms with E-state index in [1.165, 1.54) is 32.2 Å². The first-order valence-electron chi connectivity index (χ1n) is 7.97. The number of carbonyl (C=O) groups excluding carboxylic acids is 1. The number of hydrogen-bond acceptors (Lipinski definition) is 5. The van der Waals surface area contributed by atoms with Crippen molar-refractivity contribution in [2.24, 2.45) is 0 Å². The van der Waals surface area contributed by atoms with Crippen LogP contribution in [-0.4, -0.2) is 24.0 Å². The summed E-state index contributed by atoms with van der Waals surface area (Å²) in [6.07, 6.45) is -0.922. The van der Waals surface area contributed by atoms with Crippen LogP contribution in [0.3, 0.4) is 0 Å². The number of carbonyl (C=O) groups is 1. The first-order chi connectivity index (χ1) is 12.7. The molecule has 27 heavy (non-hydrogen) atoms. The summed E-state index contributed by atoms with van der Waals surface area (Å²) in [6.45, 7) is 3.30. The van der Waals surface area contributed by atoms with E-state index in [0.717, 1.165) is 0 Å². The molecule has 2 rings (SSSR count). The van der Waals surface area contributed by atoms with Crippen LogP contribution in [0.2, 0.25) is 10.0 Å². The molecular formula is C18H18Cl2N2O5. The lowest BCUT2D eigenvalue weighted by Crippen LogP contribution is -2.37. The van der Waals surface area contributed by atoms with E-state index in [1.54, 1.807) is 25.1 Å². The number of rotatable bonds is 7. The zero-order valence-electron chi connectivity index (χ0n) is 14.9. The number of methoxy groups -OCH3 is 1. The van der Waals surface area contributed by atoms with Gasteiger partial charge in [0.05, 0.1) is 24.1 Å². The van der Waals surface area contributed by atoms with Gasteiger partial charge in [0.1, 0.15) is 0 Å². The molecule has 1 amide bonds. The van der Waals surface area contributed by atoms with E-state index >= 15 is 0 Å². The number of nitro groups is 1. The predicted octanol–water partition coefficient (Wildman–Crippen LogP) is 4.55. The van der Waals surface area contributed by atoms with E-state index in [0.29, 0.717) is 15.6 Å². The second-order valence-corrected chi connectivity index (χ2v) is 6.59. The molecule has 0 heterocycles. The highest BCUT2D eigenvalue weighted by atomic mass is 35.5. The Kier molecular flexibility index (Phi) is 6.87. The summed E-state index contributed by atoms with van der Waals surface area (Å²) in [7, 11) is 1.41. The van der Waals surface area contributed by atoms with E-state index in [-0.39, 0.29) is 23.2 Å². The van der Waals surface area contributed by atoms with Crippen LogP contribution in [-0.2, 0) is 4.79 Å². The average Bonchev–Trinajstić information content (AvgIpc) is 2.61. The molecule has 0 bridgehead atoms. The fraction of sp³-hybridized carbons (Fsp3) is 0.278. The van der Waals surface area contributed by atoms with Crippen LogP contribution >= 0.6 is 23.2 Å². The third-order valence-electron chi connectivity index (χ3n) is 3.82. The third kappa shape index (κ3) is 5.24. The van der Waals surface area contributed by atoms with Crippen LogP contribution in [0.1, 0.15) is 25.5 Å². The molecule has 2 aromatic rings. The molecule has 9 heteroatoms. The van der Waals surface area contributed by atoms with Crippen molar-refractivity contribution in [3.8, 4) is 11.5 Å². The van der Waals surface area contributed by atoms with Gasteiger partial charge < -0.3 is 14.8 Å². The molecule has 144 valence electrons. The van der Waals surface area contributed by atoms with Gasteiger partial charge in [-0.3, -0.25) is 14.9 Å². The van der Waals surface area contributed by atoms with E-state index < -0.39 is 16.9 Å². The normalized spacial score (nSPS) is 12.8. The molecule has 7 nitrogen and oxygen atoms in total. The van der Waals surface area contributed by atoms with Crippen molar-refractivity contribution in [2.45, 2.75) is 26.0 Å². The Hall–Kier alpha value is -2.51. The summed E-state index contributed by atoms with van der Waals surface area (Å²) in [4.78, 5) is 22.8. The lowest BCUT2D eigenvalue weighted by Gasteiger charge is -2.20. The number of nitrogens with zero attached hydrogens (tertiary/aromatic N) is 1. The topological polar surface area (TPSA) is 90.7 Å². The highest BCUT2D eigenvalue weighted by Crippen LogP contribution is 2.32. The molecule has 1 N–H and O–H groups in total. The maximum absolute atomic E-state index is 12.4. The van der Waals surface area contributed by atoms with E-state index in [4.69, 9.17) is 32.7 Å². The molecule has 0 saturated heterocycles. The molecule has 0 saturated carbocycles. The van der Waals surface area contributed by atoms with Gasteiger partial charge in [0.15, 0.2) is 17.6 Å². The summed E-state index contributed by atoms with van der Waals surface area (Å²) in [5.41, 5.74) is 0.536. The summed E-state index contributed by atoms with van der Waals surface area (Å²) in [5.74, 6) is -0.0253. The first kappa shape index (κ1) is 20.8. The number of benzene rings is 2. The van der Waals surface area contributed by atoms with Crippen molar-refractivity contribution < 1.29 is 19.2 Å². The van der Waals surface area contributed by atoms with Crippen LogP contribution in [0.25, 0.3) is 0 Å². The monoisotopic (exact) mass is 412 g/mol. The van der Waals surface area contributed by atoms with Gasteiger partial charge >= 0.3 is 0 Å². The Morgan fingerprint density at radius 3 is 2.44 bits per heavy atom. The van der Waals surface area contributed by atoms with Crippen molar-refractivity contribution in [3.05, 3.63) is 62.1 Å². The minimum atomic E-state index is -0.922. The van der Waals surface area contributed by atoms with E-state index in [9.17, 15) is 14.9 Å². The quantitative estimate of drug-likeness (QED) is 0.531. The standard InChI is InChI=1S/C18H18Cl2N2O5/c1-10(14-6-4-12(19)8-15(14)20)21-18(23)11(2)27-17-9-13(22(24)25)5-7-16(17)26-3/h4-11H,1-3H3,(H,21,23)/t10-,11-/m0/s1. The number of ether oxygens (including phenoxy) is 2. The van der Waals surface area contributed by atoms with Crippen LogP contribution in [0.15, 0.2) is 36.4 Å². The molecule has 0 unspecified atom stereocenters. The second-order valence-electron chi connectivity index (χ2n) is 5.75. The minimum Gasteiger partial charge on any atom is -0.493 e. The summed E-state index contributed by atoms with van der Waals surface area (Å²) < 4.78 is 10.7. The minimum absolute atomic E-state index is 0.103. The van der Waals surface area contributed by atoms with Gasteiger partial charge in [-0.15, -0.1) is 0 Å². The van der Waals surface area contributed by atoms with Crippen LogP contribution < -0.4 is 14.8 Å². The second kappa shape index (κ2) is 8.92. The smallest absolute Gasteiger partial charge is 0.273 e. The zero-order valence-corrected chi connectivity index (χ0v) is 16.4. The Labute approximate surface area is 166 Å². The molecule has 0 spiro atoms. The van der Waals surface area contributed by atoms with Crippen molar-refractivity contribution in [1.82, 2.24) is 5.32 Å². The van der Waals surface area contributed by atoms with Gasteiger partial charge in [-0.25, -0.2) is 0 Å². The lowest BCUT2D eigenvalue weighted by atomic mass is 10.1. The zero-order chi connectivity index (χ0) is 20.1. The van der Waals surface area contributed by atoms with Crippen molar-refractivity contribution >= 4 is 34.8 Å². The molecule has 2 atom stereocenters. The highest BCUT2D eigenvalue weighted by Gasteiger charge is 2.22. The Morgan fingerprint density at radius 2 is 1.85 bits per heavy atom. The van der Waals surface area contributed by atoms with Crippen LogP contribution in [0.5, 0.6) is 11.5 Å². The van der Waals surface area contributed by atoms with Gasteiger partial charge in [-0.2, -0.15) is 0 Å². The van der Waals surface area contributed by atoms with Crippen molar-refractivity contribution in [3.63, 3.8) is 0 Å². The molecule has 0 aliphatic rings. The Balaban J connectivity index is 2.11. The molecule has 0 fully saturated rings. The molecule has 0 radical (unpaired) electrons. The Bertz CT molecular complexity index is 860. The van der Waals surface area contributed by atoms with E-state index in [1.807, 2.05) is 0 Å². The molecular weight excluding hydrogens is 395 g/mol. The number of hydrogen-bond donors (Lipinski definition) is 1. The number of non-ortho nitro benzene ring substituents is 1. The van der Waals surface area contributed by atoms with Crippen molar-refractivity contribution in [2.75, 3.05) is 7.11 Å².